The molecule has 0 aliphatic rings. The molecular weight excluding hydrogens is 411 g/mol. The lowest BCUT2D eigenvalue weighted by Crippen LogP contribution is -2.14. The number of carbonyl (C=O) groups is 1. The molecule has 0 saturated carbocycles. The first kappa shape index (κ1) is 16.5. The van der Waals surface area contributed by atoms with Crippen LogP contribution < -0.4 is 5.32 Å². The van der Waals surface area contributed by atoms with Crippen LogP contribution in [0, 0.1) is 21.8 Å². The Morgan fingerprint density at radius 3 is 2.73 bits per heavy atom. The van der Waals surface area contributed by atoms with E-state index in [-0.39, 0.29) is 5.57 Å². The lowest BCUT2D eigenvalue weighted by molar-refractivity contribution is -0.112. The summed E-state index contributed by atoms with van der Waals surface area (Å²) in [4.78, 5) is 12.3. The fourth-order valence-corrected chi connectivity index (χ4v) is 2.53. The highest BCUT2D eigenvalue weighted by molar-refractivity contribution is 14.1. The van der Waals surface area contributed by atoms with Gasteiger partial charge >= 0.3 is 0 Å². The predicted molar refractivity (Wildman–Crippen MR) is 97.6 cm³/mol. The number of hydrogen-bond acceptors (Lipinski definition) is 2. The summed E-state index contributed by atoms with van der Waals surface area (Å²) < 4.78 is 0.972. The summed E-state index contributed by atoms with van der Waals surface area (Å²) in [7, 11) is 0. The van der Waals surface area contributed by atoms with Gasteiger partial charge in [-0.1, -0.05) is 35.9 Å². The Bertz CT molecular complexity index is 793. The summed E-state index contributed by atoms with van der Waals surface area (Å²) in [6.07, 6.45) is 1.58. The predicted octanol–water partition coefficient (Wildman–Crippen LogP) is 4.80. The number of aryl methyl sites for hydroxylation is 1. The number of rotatable bonds is 3. The zero-order valence-corrected chi connectivity index (χ0v) is 14.6. The lowest BCUT2D eigenvalue weighted by Gasteiger charge is -2.08. The molecule has 0 unspecified atom stereocenters. The maximum atomic E-state index is 12.3. The van der Waals surface area contributed by atoms with Crippen LogP contribution in [0.2, 0.25) is 5.02 Å². The van der Waals surface area contributed by atoms with Gasteiger partial charge in [-0.15, -0.1) is 0 Å². The Labute approximate surface area is 147 Å². The first-order valence-electron chi connectivity index (χ1n) is 6.45. The van der Waals surface area contributed by atoms with Gasteiger partial charge in [0.25, 0.3) is 5.91 Å². The quantitative estimate of drug-likeness (QED) is 0.439. The number of amides is 1. The first-order valence-corrected chi connectivity index (χ1v) is 7.91. The molecular formula is C17H12ClIN2O. The minimum absolute atomic E-state index is 0.0449. The topological polar surface area (TPSA) is 52.9 Å². The van der Waals surface area contributed by atoms with Crippen molar-refractivity contribution in [2.24, 2.45) is 0 Å². The Hall–Kier alpha value is -1.84. The van der Waals surface area contributed by atoms with Crippen molar-refractivity contribution in [1.82, 2.24) is 0 Å². The van der Waals surface area contributed by atoms with E-state index in [0.29, 0.717) is 10.7 Å². The van der Waals surface area contributed by atoms with Gasteiger partial charge in [-0.3, -0.25) is 4.79 Å². The summed E-state index contributed by atoms with van der Waals surface area (Å²) in [6, 6.07) is 14.7. The van der Waals surface area contributed by atoms with Crippen molar-refractivity contribution in [1.29, 1.82) is 5.26 Å². The smallest absolute Gasteiger partial charge is 0.266 e. The van der Waals surface area contributed by atoms with E-state index >= 15 is 0 Å². The molecule has 1 amide bonds. The molecule has 0 heterocycles. The Morgan fingerprint density at radius 1 is 1.32 bits per heavy atom. The summed E-state index contributed by atoms with van der Waals surface area (Å²) in [5.41, 5.74) is 2.35. The lowest BCUT2D eigenvalue weighted by atomic mass is 10.1. The van der Waals surface area contributed by atoms with Crippen molar-refractivity contribution in [2.45, 2.75) is 6.92 Å². The maximum absolute atomic E-state index is 12.3. The van der Waals surface area contributed by atoms with Gasteiger partial charge in [0, 0.05) is 14.3 Å². The van der Waals surface area contributed by atoms with Crippen LogP contribution in [0.15, 0.2) is 48.0 Å². The molecule has 0 aliphatic carbocycles. The van der Waals surface area contributed by atoms with Gasteiger partial charge in [0.15, 0.2) is 0 Å². The van der Waals surface area contributed by atoms with E-state index in [1.54, 1.807) is 18.2 Å². The molecule has 0 fully saturated rings. The molecule has 2 aromatic rings. The van der Waals surface area contributed by atoms with E-state index < -0.39 is 5.91 Å². The average molecular weight is 423 g/mol. The summed E-state index contributed by atoms with van der Waals surface area (Å²) in [5, 5.41) is 12.5. The zero-order valence-electron chi connectivity index (χ0n) is 11.7. The molecule has 0 radical (unpaired) electrons. The number of hydrogen-bond donors (Lipinski definition) is 1. The van der Waals surface area contributed by atoms with Gasteiger partial charge in [-0.05, 0) is 64.9 Å². The zero-order chi connectivity index (χ0) is 16.1. The number of carbonyl (C=O) groups excluding carboxylic acids is 1. The maximum Gasteiger partial charge on any atom is 0.266 e. The van der Waals surface area contributed by atoms with Crippen LogP contribution in [0.4, 0.5) is 5.69 Å². The standard InChI is InChI=1S/C17H12ClIN2O/c1-11-6-7-14(18)9-16(11)21-17(22)13(10-20)8-12-4-2-3-5-15(12)19/h2-9H,1H3,(H,21,22)/b13-8+. The number of nitrogens with zero attached hydrogens (tertiary/aromatic N) is 1. The Morgan fingerprint density at radius 2 is 2.05 bits per heavy atom. The van der Waals surface area contributed by atoms with Crippen molar-refractivity contribution in [3.8, 4) is 6.07 Å². The largest absolute Gasteiger partial charge is 0.321 e. The van der Waals surface area contributed by atoms with Gasteiger partial charge < -0.3 is 5.32 Å². The van der Waals surface area contributed by atoms with Crippen LogP contribution in [0.5, 0.6) is 0 Å². The van der Waals surface area contributed by atoms with E-state index in [2.05, 4.69) is 27.9 Å². The number of anilines is 1. The number of halogens is 2. The van der Waals surface area contributed by atoms with Crippen molar-refractivity contribution < 1.29 is 4.79 Å². The van der Waals surface area contributed by atoms with E-state index in [9.17, 15) is 10.1 Å². The van der Waals surface area contributed by atoms with Crippen LogP contribution in [0.3, 0.4) is 0 Å². The van der Waals surface area contributed by atoms with Gasteiger partial charge in [-0.2, -0.15) is 5.26 Å². The highest BCUT2D eigenvalue weighted by Gasteiger charge is 2.11. The second-order valence-corrected chi connectivity index (χ2v) is 6.20. The van der Waals surface area contributed by atoms with E-state index in [1.807, 2.05) is 43.3 Å². The third kappa shape index (κ3) is 4.09. The third-order valence-electron chi connectivity index (χ3n) is 3.02. The van der Waals surface area contributed by atoms with Crippen molar-refractivity contribution >= 4 is 51.9 Å². The highest BCUT2D eigenvalue weighted by atomic mass is 127. The van der Waals surface area contributed by atoms with Crippen LogP contribution >= 0.6 is 34.2 Å². The van der Waals surface area contributed by atoms with E-state index in [0.717, 1.165) is 14.7 Å². The van der Waals surface area contributed by atoms with Gasteiger partial charge in [0.1, 0.15) is 11.6 Å². The van der Waals surface area contributed by atoms with Crippen LogP contribution in [0.1, 0.15) is 11.1 Å². The average Bonchev–Trinajstić information content (AvgIpc) is 2.50. The van der Waals surface area contributed by atoms with Crippen LogP contribution in [-0.2, 0) is 4.79 Å². The molecule has 5 heteroatoms. The molecule has 1 N–H and O–H groups in total. The molecule has 22 heavy (non-hydrogen) atoms. The van der Waals surface area contributed by atoms with E-state index in [1.165, 1.54) is 0 Å². The minimum atomic E-state index is -0.451. The summed E-state index contributed by atoms with van der Waals surface area (Å²) in [5.74, 6) is -0.451. The molecule has 0 aliphatic heterocycles. The van der Waals surface area contributed by atoms with Crippen LogP contribution in [0.25, 0.3) is 6.08 Å². The molecule has 0 spiro atoms. The fraction of sp³-hybridized carbons (Fsp3) is 0.0588. The van der Waals surface area contributed by atoms with Crippen molar-refractivity contribution in [3.63, 3.8) is 0 Å². The number of benzene rings is 2. The van der Waals surface area contributed by atoms with E-state index in [4.69, 9.17) is 11.6 Å². The molecule has 2 rings (SSSR count). The summed E-state index contributed by atoms with van der Waals surface area (Å²) >= 11 is 8.10. The molecule has 0 aromatic heterocycles. The molecule has 110 valence electrons. The molecule has 0 bridgehead atoms. The number of nitrogens with one attached hydrogen (secondary N) is 1. The minimum Gasteiger partial charge on any atom is -0.321 e. The Kier molecular flexibility index (Phi) is 5.58. The second kappa shape index (κ2) is 7.43. The van der Waals surface area contributed by atoms with Gasteiger partial charge in [0.2, 0.25) is 0 Å². The van der Waals surface area contributed by atoms with Gasteiger partial charge in [0.05, 0.1) is 0 Å². The van der Waals surface area contributed by atoms with Gasteiger partial charge in [-0.25, -0.2) is 0 Å². The number of nitriles is 1. The highest BCUT2D eigenvalue weighted by Crippen LogP contribution is 2.21. The Balaban J connectivity index is 2.29. The monoisotopic (exact) mass is 422 g/mol. The summed E-state index contributed by atoms with van der Waals surface area (Å²) in [6.45, 7) is 1.86. The fourth-order valence-electron chi connectivity index (χ4n) is 1.81. The molecule has 0 saturated heterocycles. The second-order valence-electron chi connectivity index (χ2n) is 4.60. The normalized spacial score (nSPS) is 10.9. The SMILES string of the molecule is Cc1ccc(Cl)cc1NC(=O)/C(C#N)=C/c1ccccc1I. The molecule has 0 atom stereocenters. The van der Waals surface area contributed by atoms with Crippen molar-refractivity contribution in [2.75, 3.05) is 5.32 Å². The molecule has 3 nitrogen and oxygen atoms in total. The van der Waals surface area contributed by atoms with Crippen molar-refractivity contribution in [3.05, 3.63) is 67.8 Å². The first-order chi connectivity index (χ1) is 10.5. The third-order valence-corrected chi connectivity index (χ3v) is 4.24. The molecule has 2 aromatic carbocycles. The van der Waals surface area contributed by atoms with Crippen LogP contribution in [-0.4, -0.2) is 5.91 Å².